The number of nitrogens with zero attached hydrogens (tertiary/aromatic N) is 1. The highest BCUT2D eigenvalue weighted by Gasteiger charge is 2.32. The van der Waals surface area contributed by atoms with Gasteiger partial charge in [-0.1, -0.05) is 6.08 Å². The first kappa shape index (κ1) is 18.7. The summed E-state index contributed by atoms with van der Waals surface area (Å²) >= 11 is 0. The normalized spacial score (nSPS) is 17.2. The van der Waals surface area contributed by atoms with E-state index in [2.05, 4.69) is 10.3 Å². The second-order valence-corrected chi connectivity index (χ2v) is 9.16. The number of sulfonamides is 1. The third-order valence-electron chi connectivity index (χ3n) is 5.51. The van der Waals surface area contributed by atoms with E-state index in [1.54, 1.807) is 12.3 Å². The van der Waals surface area contributed by atoms with Crippen LogP contribution in [0.1, 0.15) is 32.7 Å². The van der Waals surface area contributed by atoms with Crippen LogP contribution < -0.4 is 5.32 Å². The van der Waals surface area contributed by atoms with E-state index in [0.717, 1.165) is 16.5 Å². The maximum absolute atomic E-state index is 13.4. The fraction of sp³-hybridized carbons (Fsp3) is 0.143. The molecule has 5 rings (SSSR count). The number of carbonyl (C=O) groups is 2. The van der Waals surface area contributed by atoms with Crippen LogP contribution in [0, 0.1) is 5.82 Å². The number of aromatic amines is 1. The van der Waals surface area contributed by atoms with Crippen LogP contribution in [0.3, 0.4) is 0 Å². The second kappa shape index (κ2) is 6.61. The van der Waals surface area contributed by atoms with E-state index in [-0.39, 0.29) is 34.9 Å². The molecule has 0 saturated carbocycles. The number of fused-ring (bicyclic) bond motifs is 2. The zero-order valence-corrected chi connectivity index (χ0v) is 16.4. The van der Waals surface area contributed by atoms with Crippen molar-refractivity contribution in [2.75, 3.05) is 13.1 Å². The topological polar surface area (TPSA) is 99.3 Å². The van der Waals surface area contributed by atoms with Crippen molar-refractivity contribution in [2.24, 2.45) is 0 Å². The number of rotatable bonds is 3. The molecule has 7 nitrogen and oxygen atoms in total. The van der Waals surface area contributed by atoms with Gasteiger partial charge in [0.15, 0.2) is 0 Å². The average Bonchev–Trinajstić information content (AvgIpc) is 3.28. The lowest BCUT2D eigenvalue weighted by Gasteiger charge is -2.26. The van der Waals surface area contributed by atoms with E-state index in [4.69, 9.17) is 0 Å². The molecule has 3 heterocycles. The predicted octanol–water partition coefficient (Wildman–Crippen LogP) is 2.67. The Kier molecular flexibility index (Phi) is 4.12. The van der Waals surface area contributed by atoms with E-state index in [1.165, 1.54) is 34.6 Å². The Morgan fingerprint density at radius 3 is 2.53 bits per heavy atom. The van der Waals surface area contributed by atoms with Crippen molar-refractivity contribution < 1.29 is 22.4 Å². The quantitative estimate of drug-likeness (QED) is 0.630. The van der Waals surface area contributed by atoms with E-state index in [0.29, 0.717) is 11.9 Å². The summed E-state index contributed by atoms with van der Waals surface area (Å²) in [5, 5.41) is 3.04. The summed E-state index contributed by atoms with van der Waals surface area (Å²) in [6.45, 7) is 0.442. The van der Waals surface area contributed by atoms with Gasteiger partial charge >= 0.3 is 0 Å². The summed E-state index contributed by atoms with van der Waals surface area (Å²) in [7, 11) is -3.82. The monoisotopic (exact) mass is 425 g/mol. The average molecular weight is 425 g/mol. The number of benzene rings is 2. The molecule has 1 aromatic heterocycles. The van der Waals surface area contributed by atoms with Gasteiger partial charge in [0.2, 0.25) is 10.0 Å². The summed E-state index contributed by atoms with van der Waals surface area (Å²) in [5.41, 5.74) is 2.84. The molecule has 0 unspecified atom stereocenters. The number of aromatic nitrogens is 1. The molecule has 0 saturated heterocycles. The molecule has 0 aliphatic carbocycles. The lowest BCUT2D eigenvalue weighted by atomic mass is 10.00. The molecule has 3 aromatic rings. The van der Waals surface area contributed by atoms with Gasteiger partial charge < -0.3 is 4.98 Å². The number of hydrogen-bond donors (Lipinski definition) is 2. The summed E-state index contributed by atoms with van der Waals surface area (Å²) in [6, 6.07) is 8.48. The number of carbonyl (C=O) groups excluding carboxylic acids is 2. The summed E-state index contributed by atoms with van der Waals surface area (Å²) in [4.78, 5) is 26.6. The van der Waals surface area contributed by atoms with Crippen molar-refractivity contribution in [1.29, 1.82) is 0 Å². The van der Waals surface area contributed by atoms with Crippen LogP contribution in [0.2, 0.25) is 0 Å². The first-order valence-corrected chi connectivity index (χ1v) is 10.7. The van der Waals surface area contributed by atoms with Crippen molar-refractivity contribution in [2.45, 2.75) is 11.3 Å². The largest absolute Gasteiger partial charge is 0.360 e. The standard InChI is InChI=1S/C21H16FN3O4S/c22-13-1-3-15-18(11-23-19(15)9-13)12-5-7-25(8-6-12)30(28,29)14-2-4-16-17(10-14)21(27)24-20(16)26/h1-5,9-11,23H,6-8H2,(H,24,26,27). The zero-order valence-electron chi connectivity index (χ0n) is 15.6. The highest BCUT2D eigenvalue weighted by atomic mass is 32.2. The molecule has 9 heteroatoms. The van der Waals surface area contributed by atoms with Crippen molar-refractivity contribution in [3.05, 3.63) is 71.2 Å². The second-order valence-electron chi connectivity index (χ2n) is 7.23. The number of halogens is 1. The Bertz CT molecular complexity index is 1370. The van der Waals surface area contributed by atoms with Crippen LogP contribution in [0.4, 0.5) is 4.39 Å². The van der Waals surface area contributed by atoms with Gasteiger partial charge in [-0.05, 0) is 48.4 Å². The third kappa shape index (κ3) is 2.86. The molecule has 0 fully saturated rings. The Balaban J connectivity index is 1.43. The first-order valence-electron chi connectivity index (χ1n) is 9.30. The zero-order chi connectivity index (χ0) is 21.0. The van der Waals surface area contributed by atoms with Crippen LogP contribution in [0.25, 0.3) is 16.5 Å². The number of imide groups is 1. The molecule has 0 spiro atoms. The highest BCUT2D eigenvalue weighted by molar-refractivity contribution is 7.89. The molecule has 2 aliphatic heterocycles. The van der Waals surface area contributed by atoms with Crippen molar-refractivity contribution >= 4 is 38.3 Å². The number of H-pyrrole nitrogens is 1. The molecule has 2 aliphatic rings. The maximum atomic E-state index is 13.4. The fourth-order valence-corrected chi connectivity index (χ4v) is 5.34. The molecule has 0 atom stereocenters. The van der Waals surface area contributed by atoms with Crippen molar-refractivity contribution in [3.63, 3.8) is 0 Å². The minimum Gasteiger partial charge on any atom is -0.360 e. The number of nitrogens with one attached hydrogen (secondary N) is 2. The van der Waals surface area contributed by atoms with Gasteiger partial charge in [0.05, 0.1) is 16.0 Å². The van der Waals surface area contributed by atoms with E-state index in [9.17, 15) is 22.4 Å². The predicted molar refractivity (Wildman–Crippen MR) is 108 cm³/mol. The molecule has 2 amide bonds. The molecule has 0 radical (unpaired) electrons. The van der Waals surface area contributed by atoms with E-state index in [1.807, 2.05) is 6.08 Å². The lowest BCUT2D eigenvalue weighted by Crippen LogP contribution is -2.34. The van der Waals surface area contributed by atoms with Gasteiger partial charge in [0.25, 0.3) is 11.8 Å². The molecule has 2 N–H and O–H groups in total. The molecular weight excluding hydrogens is 409 g/mol. The van der Waals surface area contributed by atoms with Crippen molar-refractivity contribution in [3.8, 4) is 0 Å². The Morgan fingerprint density at radius 2 is 1.77 bits per heavy atom. The molecule has 0 bridgehead atoms. The van der Waals surface area contributed by atoms with Gasteiger partial charge in [-0.2, -0.15) is 4.31 Å². The Labute approximate surface area is 171 Å². The van der Waals surface area contributed by atoms with E-state index >= 15 is 0 Å². The lowest BCUT2D eigenvalue weighted by molar-refractivity contribution is 0.0879. The minimum absolute atomic E-state index is 0.0227. The van der Waals surface area contributed by atoms with Gasteiger partial charge in [-0.3, -0.25) is 14.9 Å². The molecular formula is C21H16FN3O4S. The molecule has 2 aromatic carbocycles. The fourth-order valence-electron chi connectivity index (χ4n) is 3.93. The van der Waals surface area contributed by atoms with Crippen molar-refractivity contribution in [1.82, 2.24) is 14.6 Å². The molecule has 152 valence electrons. The first-order chi connectivity index (χ1) is 14.3. The van der Waals surface area contributed by atoms with Crippen LogP contribution in [-0.4, -0.2) is 42.6 Å². The minimum atomic E-state index is -3.82. The smallest absolute Gasteiger partial charge is 0.258 e. The van der Waals surface area contributed by atoms with Gasteiger partial charge in [0, 0.05) is 35.8 Å². The van der Waals surface area contributed by atoms with Gasteiger partial charge in [0.1, 0.15) is 5.82 Å². The Morgan fingerprint density at radius 1 is 0.967 bits per heavy atom. The highest BCUT2D eigenvalue weighted by Crippen LogP contribution is 2.31. The Hall–Kier alpha value is -3.30. The summed E-state index contributed by atoms with van der Waals surface area (Å²) in [6.07, 6.45) is 4.14. The summed E-state index contributed by atoms with van der Waals surface area (Å²) in [5.74, 6) is -1.44. The van der Waals surface area contributed by atoms with Crippen LogP contribution in [0.15, 0.2) is 53.6 Å². The summed E-state index contributed by atoms with van der Waals surface area (Å²) < 4.78 is 40.8. The molecule has 30 heavy (non-hydrogen) atoms. The third-order valence-corrected chi connectivity index (χ3v) is 7.37. The van der Waals surface area contributed by atoms with Gasteiger partial charge in [-0.25, -0.2) is 12.8 Å². The van der Waals surface area contributed by atoms with Crippen LogP contribution in [-0.2, 0) is 10.0 Å². The maximum Gasteiger partial charge on any atom is 0.258 e. The number of amides is 2. The SMILES string of the molecule is O=C1NC(=O)c2cc(S(=O)(=O)N3CC=C(c4c[nH]c5cc(F)ccc45)CC3)ccc21. The number of hydrogen-bond acceptors (Lipinski definition) is 4. The van der Waals surface area contributed by atoms with Crippen LogP contribution in [0.5, 0.6) is 0 Å². The van der Waals surface area contributed by atoms with E-state index < -0.39 is 21.8 Å². The van der Waals surface area contributed by atoms with Gasteiger partial charge in [-0.15, -0.1) is 0 Å². The van der Waals surface area contributed by atoms with Crippen LogP contribution >= 0.6 is 0 Å².